The number of nitrogens with one attached hydrogen (secondary N) is 1. The first-order valence-corrected chi connectivity index (χ1v) is 6.88. The molecule has 0 aliphatic rings. The van der Waals surface area contributed by atoms with Gasteiger partial charge in [-0.25, -0.2) is 0 Å². The third kappa shape index (κ3) is 3.79. The van der Waals surface area contributed by atoms with Crippen LogP contribution in [0.25, 0.3) is 0 Å². The Bertz CT molecular complexity index is 455. The molecule has 0 spiro atoms. The van der Waals surface area contributed by atoms with Crippen LogP contribution in [-0.2, 0) is 9.59 Å². The Balaban J connectivity index is 2.70. The summed E-state index contributed by atoms with van der Waals surface area (Å²) in [6, 6.07) is 3.50. The highest BCUT2D eigenvalue weighted by atomic mass is 16.4. The number of aromatic nitrogens is 1. The van der Waals surface area contributed by atoms with E-state index in [1.807, 2.05) is 13.0 Å². The fourth-order valence-corrected chi connectivity index (χ4v) is 2.19. The summed E-state index contributed by atoms with van der Waals surface area (Å²) in [5.74, 6) is -1.15. The molecular formula is C15H22N2O3. The number of hydrogen-bond donors (Lipinski definition) is 2. The van der Waals surface area contributed by atoms with Gasteiger partial charge in [0.25, 0.3) is 0 Å². The molecule has 0 radical (unpaired) electrons. The van der Waals surface area contributed by atoms with Crippen LogP contribution in [0.1, 0.15) is 51.6 Å². The highest BCUT2D eigenvalue weighted by Crippen LogP contribution is 2.31. The maximum atomic E-state index is 12.1. The zero-order chi connectivity index (χ0) is 15.2. The molecule has 0 fully saturated rings. The van der Waals surface area contributed by atoms with Crippen LogP contribution in [-0.4, -0.2) is 22.0 Å². The average Bonchev–Trinajstić information content (AvgIpc) is 2.45. The van der Waals surface area contributed by atoms with E-state index in [0.717, 1.165) is 5.56 Å². The number of aliphatic carboxylic acids is 1. The summed E-state index contributed by atoms with van der Waals surface area (Å²) in [6.07, 6.45) is 4.23. The topological polar surface area (TPSA) is 79.3 Å². The van der Waals surface area contributed by atoms with Gasteiger partial charge in [0.2, 0.25) is 5.91 Å². The van der Waals surface area contributed by atoms with Crippen LogP contribution in [0.15, 0.2) is 24.5 Å². The maximum Gasteiger partial charge on any atom is 0.310 e. The molecule has 5 nitrogen and oxygen atoms in total. The first-order chi connectivity index (χ1) is 9.45. The van der Waals surface area contributed by atoms with Gasteiger partial charge in [0.15, 0.2) is 0 Å². The largest absolute Gasteiger partial charge is 0.481 e. The molecule has 0 bridgehead atoms. The number of carboxylic acid groups (broad SMARTS) is 1. The van der Waals surface area contributed by atoms with E-state index < -0.39 is 11.4 Å². The van der Waals surface area contributed by atoms with Crippen molar-refractivity contribution >= 4 is 11.9 Å². The number of rotatable bonds is 7. The summed E-state index contributed by atoms with van der Waals surface area (Å²) in [5.41, 5.74) is -0.0755. The first-order valence-electron chi connectivity index (χ1n) is 6.88. The van der Waals surface area contributed by atoms with Gasteiger partial charge in [-0.1, -0.05) is 19.9 Å². The molecule has 0 saturated carbocycles. The van der Waals surface area contributed by atoms with Gasteiger partial charge in [-0.3, -0.25) is 14.6 Å². The van der Waals surface area contributed by atoms with Crippen molar-refractivity contribution in [2.24, 2.45) is 5.41 Å². The van der Waals surface area contributed by atoms with E-state index in [1.54, 1.807) is 32.3 Å². The molecule has 1 rings (SSSR count). The second-order valence-corrected chi connectivity index (χ2v) is 5.04. The highest BCUT2D eigenvalue weighted by molar-refractivity contribution is 5.85. The van der Waals surface area contributed by atoms with E-state index in [1.165, 1.54) is 0 Å². The van der Waals surface area contributed by atoms with Crippen LogP contribution < -0.4 is 5.32 Å². The number of carbonyl (C=O) groups is 2. The standard InChI is InChI=1S/C15H22N2O3/c1-4-15(5-2,14(19)20)9-13(18)17-11(3)12-7-6-8-16-10-12/h6-8,10-11H,4-5,9H2,1-3H3,(H,17,18)(H,19,20)/t11-/m1/s1. The molecule has 1 aromatic heterocycles. The number of carboxylic acids is 1. The van der Waals surface area contributed by atoms with Crippen LogP contribution in [0.4, 0.5) is 0 Å². The number of carbonyl (C=O) groups excluding carboxylic acids is 1. The summed E-state index contributed by atoms with van der Waals surface area (Å²) in [7, 11) is 0. The third-order valence-electron chi connectivity index (χ3n) is 3.87. The Hall–Kier alpha value is -1.91. The molecule has 5 heteroatoms. The molecule has 1 atom stereocenters. The van der Waals surface area contributed by atoms with Crippen molar-refractivity contribution in [2.45, 2.75) is 46.1 Å². The monoisotopic (exact) mass is 278 g/mol. The van der Waals surface area contributed by atoms with E-state index in [2.05, 4.69) is 10.3 Å². The Morgan fingerprint density at radius 1 is 1.40 bits per heavy atom. The van der Waals surface area contributed by atoms with E-state index in [4.69, 9.17) is 0 Å². The summed E-state index contributed by atoms with van der Waals surface area (Å²) >= 11 is 0. The van der Waals surface area contributed by atoms with E-state index >= 15 is 0 Å². The molecule has 0 aliphatic heterocycles. The first kappa shape index (κ1) is 16.1. The summed E-state index contributed by atoms with van der Waals surface area (Å²) in [5, 5.41) is 12.2. The lowest BCUT2D eigenvalue weighted by Gasteiger charge is -2.26. The average molecular weight is 278 g/mol. The van der Waals surface area contributed by atoms with E-state index in [0.29, 0.717) is 12.8 Å². The van der Waals surface area contributed by atoms with Crippen LogP contribution >= 0.6 is 0 Å². The zero-order valence-electron chi connectivity index (χ0n) is 12.2. The van der Waals surface area contributed by atoms with Crippen LogP contribution in [0.3, 0.4) is 0 Å². The lowest BCUT2D eigenvalue weighted by atomic mass is 9.79. The smallest absolute Gasteiger partial charge is 0.310 e. The predicted molar refractivity (Wildman–Crippen MR) is 76.1 cm³/mol. The summed E-state index contributed by atoms with van der Waals surface area (Å²) < 4.78 is 0. The van der Waals surface area contributed by atoms with Gasteiger partial charge in [-0.15, -0.1) is 0 Å². The molecule has 1 heterocycles. The number of pyridine rings is 1. The SMILES string of the molecule is CCC(CC)(CC(=O)N[C@H](C)c1cccnc1)C(=O)O. The second kappa shape index (κ2) is 7.03. The van der Waals surface area contributed by atoms with Gasteiger partial charge in [0, 0.05) is 18.8 Å². The van der Waals surface area contributed by atoms with Gasteiger partial charge in [0.05, 0.1) is 11.5 Å². The minimum absolute atomic E-state index is 0.0000640. The van der Waals surface area contributed by atoms with Gasteiger partial charge < -0.3 is 10.4 Å². The molecule has 0 aliphatic carbocycles. The molecule has 1 aromatic rings. The van der Waals surface area contributed by atoms with Gasteiger partial charge in [-0.2, -0.15) is 0 Å². The van der Waals surface area contributed by atoms with Crippen molar-refractivity contribution in [3.8, 4) is 0 Å². The number of hydrogen-bond acceptors (Lipinski definition) is 3. The van der Waals surface area contributed by atoms with Crippen molar-refractivity contribution in [2.75, 3.05) is 0 Å². The number of amides is 1. The van der Waals surface area contributed by atoms with Crippen molar-refractivity contribution in [3.05, 3.63) is 30.1 Å². The quantitative estimate of drug-likeness (QED) is 0.803. The van der Waals surface area contributed by atoms with E-state index in [-0.39, 0.29) is 18.4 Å². The molecule has 20 heavy (non-hydrogen) atoms. The van der Waals surface area contributed by atoms with Crippen LogP contribution in [0, 0.1) is 5.41 Å². The summed E-state index contributed by atoms with van der Waals surface area (Å²) in [4.78, 5) is 27.5. The van der Waals surface area contributed by atoms with E-state index in [9.17, 15) is 14.7 Å². The lowest BCUT2D eigenvalue weighted by Crippen LogP contribution is -2.37. The second-order valence-electron chi connectivity index (χ2n) is 5.04. The fourth-order valence-electron chi connectivity index (χ4n) is 2.19. The molecule has 0 unspecified atom stereocenters. The minimum Gasteiger partial charge on any atom is -0.481 e. The molecule has 0 saturated heterocycles. The van der Waals surface area contributed by atoms with Gasteiger partial charge in [0.1, 0.15) is 0 Å². The van der Waals surface area contributed by atoms with Gasteiger partial charge >= 0.3 is 5.97 Å². The molecule has 110 valence electrons. The Kier molecular flexibility index (Phi) is 5.67. The van der Waals surface area contributed by atoms with Crippen molar-refractivity contribution in [3.63, 3.8) is 0 Å². The maximum absolute atomic E-state index is 12.1. The van der Waals surface area contributed by atoms with Crippen LogP contribution in [0.2, 0.25) is 0 Å². The fraction of sp³-hybridized carbons (Fsp3) is 0.533. The molecule has 2 N–H and O–H groups in total. The highest BCUT2D eigenvalue weighted by Gasteiger charge is 2.37. The third-order valence-corrected chi connectivity index (χ3v) is 3.87. The van der Waals surface area contributed by atoms with Crippen molar-refractivity contribution in [1.82, 2.24) is 10.3 Å². The molecular weight excluding hydrogens is 256 g/mol. The normalized spacial score (nSPS) is 12.8. The minimum atomic E-state index is -0.973. The van der Waals surface area contributed by atoms with Crippen molar-refractivity contribution < 1.29 is 14.7 Å². The Morgan fingerprint density at radius 3 is 2.50 bits per heavy atom. The molecule has 1 amide bonds. The Morgan fingerprint density at radius 2 is 2.05 bits per heavy atom. The lowest BCUT2D eigenvalue weighted by molar-refractivity contribution is -0.152. The zero-order valence-corrected chi connectivity index (χ0v) is 12.2. The van der Waals surface area contributed by atoms with Gasteiger partial charge in [-0.05, 0) is 31.4 Å². The number of nitrogens with zero attached hydrogens (tertiary/aromatic N) is 1. The summed E-state index contributed by atoms with van der Waals surface area (Å²) in [6.45, 7) is 5.46. The Labute approximate surface area is 119 Å². The molecule has 0 aromatic carbocycles. The predicted octanol–water partition coefficient (Wildman–Crippen LogP) is 2.54. The van der Waals surface area contributed by atoms with Crippen LogP contribution in [0.5, 0.6) is 0 Å². The van der Waals surface area contributed by atoms with Crippen molar-refractivity contribution in [1.29, 1.82) is 0 Å².